The summed E-state index contributed by atoms with van der Waals surface area (Å²) in [6, 6.07) is 6.60. The molecule has 1 atom stereocenters. The minimum Gasteiger partial charge on any atom is -0.376 e. The summed E-state index contributed by atoms with van der Waals surface area (Å²) in [5.41, 5.74) is 2.37. The largest absolute Gasteiger partial charge is 0.376 e. The third-order valence-electron chi connectivity index (χ3n) is 3.90. The molecule has 1 aromatic carbocycles. The third kappa shape index (κ3) is 4.87. The summed E-state index contributed by atoms with van der Waals surface area (Å²) >= 11 is 6.45. The number of para-hydroxylation sites is 1. The van der Waals surface area contributed by atoms with Crippen LogP contribution in [-0.4, -0.2) is 32.3 Å². The predicted octanol–water partition coefficient (Wildman–Crippen LogP) is 3.84. The second-order valence-electron chi connectivity index (χ2n) is 6.15. The topological polar surface area (TPSA) is 24.5 Å². The molecule has 4 heteroatoms. The maximum Gasteiger partial charge on any atom is 0.0749 e. The lowest BCUT2D eigenvalue weighted by atomic mass is 10.1. The molecule has 0 aromatic heterocycles. The van der Waals surface area contributed by atoms with Crippen molar-refractivity contribution in [1.82, 2.24) is 5.32 Å². The Bertz CT molecular complexity index is 444. The Kier molecular flexibility index (Phi) is 6.34. The number of nitrogens with zero attached hydrogens (tertiary/aromatic N) is 1. The lowest BCUT2D eigenvalue weighted by molar-refractivity contribution is 0.0216. The molecule has 0 aliphatic carbocycles. The maximum atomic E-state index is 6.45. The van der Waals surface area contributed by atoms with E-state index in [1.165, 1.54) is 18.4 Å². The van der Waals surface area contributed by atoms with Gasteiger partial charge in [-0.15, -0.1) is 0 Å². The van der Waals surface area contributed by atoms with Gasteiger partial charge in [-0.05, 0) is 30.9 Å². The van der Waals surface area contributed by atoms with E-state index in [1.807, 2.05) is 12.1 Å². The third-order valence-corrected chi connectivity index (χ3v) is 4.21. The highest BCUT2D eigenvalue weighted by molar-refractivity contribution is 6.33. The normalized spacial score (nSPS) is 19.0. The Morgan fingerprint density at radius 2 is 2.19 bits per heavy atom. The highest BCUT2D eigenvalue weighted by Crippen LogP contribution is 2.30. The average Bonchev–Trinajstić information content (AvgIpc) is 2.46. The number of likely N-dealkylation sites (N-methyl/N-ethyl adjacent to an activating group) is 1. The van der Waals surface area contributed by atoms with Gasteiger partial charge in [-0.3, -0.25) is 0 Å². The number of halogens is 1. The Labute approximate surface area is 133 Å². The van der Waals surface area contributed by atoms with Gasteiger partial charge in [-0.25, -0.2) is 0 Å². The molecule has 1 fully saturated rings. The molecule has 2 rings (SSSR count). The van der Waals surface area contributed by atoms with Crippen molar-refractivity contribution in [2.24, 2.45) is 0 Å². The second-order valence-corrected chi connectivity index (χ2v) is 6.56. The fraction of sp³-hybridized carbons (Fsp3) is 0.647. The maximum absolute atomic E-state index is 6.45. The highest BCUT2D eigenvalue weighted by Gasteiger charge is 2.19. The molecule has 0 bridgehead atoms. The summed E-state index contributed by atoms with van der Waals surface area (Å²) in [4.78, 5) is 2.25. The van der Waals surface area contributed by atoms with Crippen molar-refractivity contribution in [1.29, 1.82) is 0 Å². The summed E-state index contributed by atoms with van der Waals surface area (Å²) in [5.74, 6) is 0. The van der Waals surface area contributed by atoms with Gasteiger partial charge in [-0.2, -0.15) is 0 Å². The van der Waals surface area contributed by atoms with Gasteiger partial charge in [0.05, 0.1) is 16.8 Å². The minimum absolute atomic E-state index is 0.325. The number of anilines is 1. The van der Waals surface area contributed by atoms with Gasteiger partial charge >= 0.3 is 0 Å². The van der Waals surface area contributed by atoms with Crippen LogP contribution >= 0.6 is 11.6 Å². The van der Waals surface area contributed by atoms with Gasteiger partial charge in [-0.1, -0.05) is 37.6 Å². The fourth-order valence-corrected chi connectivity index (χ4v) is 3.13. The van der Waals surface area contributed by atoms with E-state index in [1.54, 1.807) is 0 Å². The summed E-state index contributed by atoms with van der Waals surface area (Å²) < 4.78 is 5.85. The van der Waals surface area contributed by atoms with Gasteiger partial charge < -0.3 is 15.0 Å². The first-order valence-corrected chi connectivity index (χ1v) is 8.29. The van der Waals surface area contributed by atoms with E-state index in [2.05, 4.69) is 37.2 Å². The summed E-state index contributed by atoms with van der Waals surface area (Å²) in [7, 11) is 2.11. The molecule has 1 aromatic rings. The van der Waals surface area contributed by atoms with Gasteiger partial charge in [0.1, 0.15) is 0 Å². The van der Waals surface area contributed by atoms with E-state index in [0.717, 1.165) is 36.8 Å². The molecule has 1 aliphatic rings. The van der Waals surface area contributed by atoms with Crippen LogP contribution in [0.1, 0.15) is 38.7 Å². The second kappa shape index (κ2) is 8.02. The highest BCUT2D eigenvalue weighted by atomic mass is 35.5. The standard InChI is InChI=1S/C17H27ClN2O/c1-13(2)19-11-14-7-6-9-16(18)17(14)20(3)12-15-8-4-5-10-21-15/h6-7,9,13,15,19H,4-5,8,10-12H2,1-3H3. The van der Waals surface area contributed by atoms with Crippen LogP contribution in [0.2, 0.25) is 5.02 Å². The SMILES string of the molecule is CC(C)NCc1cccc(Cl)c1N(C)CC1CCCCO1. The van der Waals surface area contributed by atoms with Crippen molar-refractivity contribution in [3.63, 3.8) is 0 Å². The monoisotopic (exact) mass is 310 g/mol. The zero-order valence-electron chi connectivity index (χ0n) is 13.4. The molecule has 118 valence electrons. The molecule has 0 saturated carbocycles. The molecule has 1 N–H and O–H groups in total. The number of benzene rings is 1. The Morgan fingerprint density at radius 3 is 2.86 bits per heavy atom. The van der Waals surface area contributed by atoms with Crippen LogP contribution < -0.4 is 10.2 Å². The molecule has 21 heavy (non-hydrogen) atoms. The first-order chi connectivity index (χ1) is 10.1. The molecule has 0 spiro atoms. The van der Waals surface area contributed by atoms with E-state index in [0.29, 0.717) is 12.1 Å². The van der Waals surface area contributed by atoms with E-state index >= 15 is 0 Å². The van der Waals surface area contributed by atoms with E-state index in [-0.39, 0.29) is 0 Å². The van der Waals surface area contributed by atoms with E-state index in [4.69, 9.17) is 16.3 Å². The van der Waals surface area contributed by atoms with Crippen molar-refractivity contribution in [2.75, 3.05) is 25.1 Å². The van der Waals surface area contributed by atoms with Crippen molar-refractivity contribution in [2.45, 2.75) is 51.8 Å². The van der Waals surface area contributed by atoms with Gasteiger partial charge in [0.25, 0.3) is 0 Å². The lowest BCUT2D eigenvalue weighted by Crippen LogP contribution is -2.34. The van der Waals surface area contributed by atoms with Crippen LogP contribution in [0, 0.1) is 0 Å². The smallest absolute Gasteiger partial charge is 0.0749 e. The number of ether oxygens (including phenoxy) is 1. The van der Waals surface area contributed by atoms with E-state index < -0.39 is 0 Å². The first kappa shape index (κ1) is 16.6. The van der Waals surface area contributed by atoms with Crippen LogP contribution in [0.4, 0.5) is 5.69 Å². The van der Waals surface area contributed by atoms with Crippen molar-refractivity contribution in [3.8, 4) is 0 Å². The molecular weight excluding hydrogens is 284 g/mol. The molecule has 1 saturated heterocycles. The molecule has 0 amide bonds. The average molecular weight is 311 g/mol. The van der Waals surface area contributed by atoms with Gasteiger partial charge in [0.15, 0.2) is 0 Å². The van der Waals surface area contributed by atoms with Gasteiger partial charge in [0, 0.05) is 32.8 Å². The molecule has 1 unspecified atom stereocenters. The van der Waals surface area contributed by atoms with Crippen molar-refractivity contribution < 1.29 is 4.74 Å². The molecule has 1 aliphatic heterocycles. The predicted molar refractivity (Wildman–Crippen MR) is 90.3 cm³/mol. The Balaban J connectivity index is 2.08. The Morgan fingerprint density at radius 1 is 1.38 bits per heavy atom. The van der Waals surface area contributed by atoms with Crippen LogP contribution in [0.3, 0.4) is 0 Å². The zero-order chi connectivity index (χ0) is 15.2. The number of hydrogen-bond donors (Lipinski definition) is 1. The summed E-state index contributed by atoms with van der Waals surface area (Å²) in [6.07, 6.45) is 3.93. The zero-order valence-corrected chi connectivity index (χ0v) is 14.1. The molecule has 0 radical (unpaired) electrons. The number of hydrogen-bond acceptors (Lipinski definition) is 3. The summed E-state index contributed by atoms with van der Waals surface area (Å²) in [5, 5.41) is 4.29. The van der Waals surface area contributed by atoms with E-state index in [9.17, 15) is 0 Å². The first-order valence-electron chi connectivity index (χ1n) is 7.91. The Hall–Kier alpha value is -0.770. The van der Waals surface area contributed by atoms with Crippen LogP contribution in [-0.2, 0) is 11.3 Å². The van der Waals surface area contributed by atoms with Crippen molar-refractivity contribution >= 4 is 17.3 Å². The summed E-state index contributed by atoms with van der Waals surface area (Å²) in [6.45, 7) is 6.94. The molecule has 3 nitrogen and oxygen atoms in total. The molecular formula is C17H27ClN2O. The fourth-order valence-electron chi connectivity index (χ4n) is 2.79. The van der Waals surface area contributed by atoms with Crippen LogP contribution in [0.25, 0.3) is 0 Å². The van der Waals surface area contributed by atoms with Crippen LogP contribution in [0.15, 0.2) is 18.2 Å². The quantitative estimate of drug-likeness (QED) is 0.864. The number of rotatable bonds is 6. The number of nitrogens with one attached hydrogen (secondary N) is 1. The van der Waals surface area contributed by atoms with Crippen molar-refractivity contribution in [3.05, 3.63) is 28.8 Å². The van der Waals surface area contributed by atoms with Crippen LogP contribution in [0.5, 0.6) is 0 Å². The molecule has 1 heterocycles. The van der Waals surface area contributed by atoms with Gasteiger partial charge in [0.2, 0.25) is 0 Å². The lowest BCUT2D eigenvalue weighted by Gasteiger charge is -2.30. The minimum atomic E-state index is 0.325.